The smallest absolute Gasteiger partial charge is 0.184 e. The van der Waals surface area contributed by atoms with Gasteiger partial charge in [-0.05, 0) is 6.08 Å². The number of allylic oxidation sites excluding steroid dienone is 1. The third kappa shape index (κ3) is 1.77. The topological polar surface area (TPSA) is 35.2 Å². The molecule has 0 spiro atoms. The second-order valence-corrected chi connectivity index (χ2v) is 2.40. The van der Waals surface area contributed by atoms with Crippen molar-refractivity contribution in [2.24, 2.45) is 5.73 Å². The molecule has 11 heavy (non-hydrogen) atoms. The Balaban J connectivity index is 2.82. The van der Waals surface area contributed by atoms with E-state index in [9.17, 15) is 8.78 Å². The maximum Gasteiger partial charge on any atom is 0.184 e. The number of hydrogen-bond acceptors (Lipinski definition) is 2. The van der Waals surface area contributed by atoms with Crippen LogP contribution >= 0.6 is 0 Å². The van der Waals surface area contributed by atoms with Crippen LogP contribution in [0.3, 0.4) is 0 Å². The summed E-state index contributed by atoms with van der Waals surface area (Å²) in [4.78, 5) is 0. The van der Waals surface area contributed by atoms with E-state index in [-0.39, 0.29) is 12.2 Å². The molecule has 0 heterocycles. The average Bonchev–Trinajstić information content (AvgIpc) is 1.86. The highest BCUT2D eigenvalue weighted by Crippen LogP contribution is 2.26. The molecule has 2 nitrogen and oxygen atoms in total. The first-order valence-electron chi connectivity index (χ1n) is 3.16. The first kappa shape index (κ1) is 8.20. The lowest BCUT2D eigenvalue weighted by Crippen LogP contribution is -2.33. The maximum atomic E-state index is 12.8. The van der Waals surface area contributed by atoms with Gasteiger partial charge >= 0.3 is 0 Å². The van der Waals surface area contributed by atoms with Gasteiger partial charge in [0.2, 0.25) is 0 Å². The molecule has 1 aliphatic carbocycles. The van der Waals surface area contributed by atoms with Gasteiger partial charge in [-0.3, -0.25) is 5.73 Å². The van der Waals surface area contributed by atoms with Crippen molar-refractivity contribution in [3.63, 3.8) is 0 Å². The number of methoxy groups -OCH3 is 1. The zero-order valence-corrected chi connectivity index (χ0v) is 6.10. The largest absolute Gasteiger partial charge is 0.494 e. The van der Waals surface area contributed by atoms with Gasteiger partial charge < -0.3 is 4.74 Å². The fourth-order valence-corrected chi connectivity index (χ4v) is 0.868. The molecular formula is C7H9F2NO. The van der Waals surface area contributed by atoms with Crippen LogP contribution in [-0.4, -0.2) is 12.9 Å². The summed E-state index contributed by atoms with van der Waals surface area (Å²) in [6, 6.07) is 0. The molecule has 0 saturated carbocycles. The monoisotopic (exact) mass is 161 g/mol. The summed E-state index contributed by atoms with van der Waals surface area (Å²) in [5, 5.41) is 0. The highest BCUT2D eigenvalue weighted by molar-refractivity contribution is 5.27. The van der Waals surface area contributed by atoms with Gasteiger partial charge in [0.05, 0.1) is 7.11 Å². The van der Waals surface area contributed by atoms with E-state index in [4.69, 9.17) is 5.73 Å². The fraction of sp³-hybridized carbons (Fsp3) is 0.429. The van der Waals surface area contributed by atoms with Crippen molar-refractivity contribution in [3.8, 4) is 0 Å². The Kier molecular flexibility index (Phi) is 1.95. The van der Waals surface area contributed by atoms with Crippen LogP contribution in [0.4, 0.5) is 8.78 Å². The van der Waals surface area contributed by atoms with Crippen LogP contribution < -0.4 is 5.73 Å². The zero-order valence-electron chi connectivity index (χ0n) is 6.10. The van der Waals surface area contributed by atoms with Gasteiger partial charge in [-0.15, -0.1) is 0 Å². The van der Waals surface area contributed by atoms with Gasteiger partial charge in [0, 0.05) is 12.5 Å². The van der Waals surface area contributed by atoms with Gasteiger partial charge in [-0.1, -0.05) is 0 Å². The quantitative estimate of drug-likeness (QED) is 0.590. The van der Waals surface area contributed by atoms with E-state index in [1.54, 1.807) is 0 Å². The van der Waals surface area contributed by atoms with E-state index < -0.39 is 11.6 Å². The Bertz CT molecular complexity index is 220. The molecule has 2 N–H and O–H groups in total. The van der Waals surface area contributed by atoms with E-state index in [2.05, 4.69) is 4.74 Å². The van der Waals surface area contributed by atoms with Crippen LogP contribution in [0.15, 0.2) is 23.7 Å². The molecule has 0 saturated heterocycles. The Morgan fingerprint density at radius 2 is 2.36 bits per heavy atom. The van der Waals surface area contributed by atoms with Crippen molar-refractivity contribution >= 4 is 0 Å². The van der Waals surface area contributed by atoms with Gasteiger partial charge in [0.15, 0.2) is 17.4 Å². The Morgan fingerprint density at radius 1 is 1.73 bits per heavy atom. The zero-order chi connectivity index (χ0) is 8.48. The highest BCUT2D eigenvalue weighted by atomic mass is 19.2. The second-order valence-electron chi connectivity index (χ2n) is 2.40. The molecule has 1 aliphatic rings. The van der Waals surface area contributed by atoms with Crippen LogP contribution in [0.25, 0.3) is 0 Å². The molecule has 4 heteroatoms. The van der Waals surface area contributed by atoms with Crippen molar-refractivity contribution in [1.82, 2.24) is 0 Å². The molecule has 1 rings (SSSR count). The van der Waals surface area contributed by atoms with Crippen molar-refractivity contribution in [3.05, 3.63) is 23.7 Å². The molecule has 0 aliphatic heterocycles. The van der Waals surface area contributed by atoms with Gasteiger partial charge in [0.1, 0.15) is 0 Å². The summed E-state index contributed by atoms with van der Waals surface area (Å²) in [5.41, 5.74) is 5.00. The van der Waals surface area contributed by atoms with E-state index in [0.717, 1.165) is 0 Å². The normalized spacial score (nSPS) is 30.9. The molecule has 0 aromatic carbocycles. The number of rotatable bonds is 1. The Labute approximate surface area is 63.3 Å². The minimum absolute atomic E-state index is 0.0451. The predicted molar refractivity (Wildman–Crippen MR) is 36.9 cm³/mol. The van der Waals surface area contributed by atoms with Crippen molar-refractivity contribution in [2.45, 2.75) is 12.2 Å². The molecule has 1 atom stereocenters. The molecule has 0 aromatic heterocycles. The first-order chi connectivity index (χ1) is 5.05. The minimum Gasteiger partial charge on any atom is -0.494 e. The summed E-state index contributed by atoms with van der Waals surface area (Å²) in [6.45, 7) is 0. The fourth-order valence-electron chi connectivity index (χ4n) is 0.868. The van der Waals surface area contributed by atoms with Crippen molar-refractivity contribution in [2.75, 3.05) is 7.11 Å². The molecule has 0 bridgehead atoms. The third-order valence-corrected chi connectivity index (χ3v) is 1.42. The summed E-state index contributed by atoms with van der Waals surface area (Å²) < 4.78 is 30.1. The first-order valence-corrected chi connectivity index (χ1v) is 3.16. The lowest BCUT2D eigenvalue weighted by molar-refractivity contribution is 0.214. The number of hydrogen-bond donors (Lipinski definition) is 1. The van der Waals surface area contributed by atoms with Gasteiger partial charge in [0.25, 0.3) is 0 Å². The van der Waals surface area contributed by atoms with Crippen molar-refractivity contribution in [1.29, 1.82) is 0 Å². The standard InChI is InChI=1S/C7H9F2NO/c1-11-6-2-3-7(9,10)4-5(6)8/h2,4H,3,10H2,1H3. The Morgan fingerprint density at radius 3 is 2.82 bits per heavy atom. The van der Waals surface area contributed by atoms with E-state index in [0.29, 0.717) is 6.08 Å². The molecule has 62 valence electrons. The number of halogens is 2. The molecule has 0 aromatic rings. The summed E-state index contributed by atoms with van der Waals surface area (Å²) in [5.74, 6) is -2.76. The number of alkyl halides is 1. The average molecular weight is 161 g/mol. The van der Waals surface area contributed by atoms with Gasteiger partial charge in [-0.2, -0.15) is 0 Å². The Hall–Kier alpha value is -0.900. The van der Waals surface area contributed by atoms with Crippen LogP contribution in [0, 0.1) is 0 Å². The summed E-state index contributed by atoms with van der Waals surface area (Å²) in [6.07, 6.45) is 1.95. The summed E-state index contributed by atoms with van der Waals surface area (Å²) >= 11 is 0. The van der Waals surface area contributed by atoms with Crippen LogP contribution in [0.2, 0.25) is 0 Å². The van der Waals surface area contributed by atoms with Crippen LogP contribution in [-0.2, 0) is 4.74 Å². The molecule has 0 amide bonds. The molecule has 1 unspecified atom stereocenters. The highest BCUT2D eigenvalue weighted by Gasteiger charge is 2.26. The number of nitrogens with two attached hydrogens (primary N) is 1. The van der Waals surface area contributed by atoms with E-state index >= 15 is 0 Å². The predicted octanol–water partition coefficient (Wildman–Crippen LogP) is 1.40. The molecule has 0 fully saturated rings. The second kappa shape index (κ2) is 2.62. The van der Waals surface area contributed by atoms with Gasteiger partial charge in [-0.25, -0.2) is 8.78 Å². The van der Waals surface area contributed by atoms with E-state index in [1.165, 1.54) is 13.2 Å². The van der Waals surface area contributed by atoms with Crippen LogP contribution in [0.5, 0.6) is 0 Å². The lowest BCUT2D eigenvalue weighted by atomic mass is 10.1. The lowest BCUT2D eigenvalue weighted by Gasteiger charge is -2.19. The molecular weight excluding hydrogens is 152 g/mol. The maximum absolute atomic E-state index is 12.8. The van der Waals surface area contributed by atoms with Crippen LogP contribution in [0.1, 0.15) is 6.42 Å². The number of ether oxygens (including phenoxy) is 1. The molecule has 0 radical (unpaired) electrons. The summed E-state index contributed by atoms with van der Waals surface area (Å²) in [7, 11) is 1.32. The van der Waals surface area contributed by atoms with E-state index in [1.807, 2.05) is 0 Å². The SMILES string of the molecule is COC1=CCC(N)(F)C=C1F. The minimum atomic E-state index is -2.06. The third-order valence-electron chi connectivity index (χ3n) is 1.42. The van der Waals surface area contributed by atoms with Crippen molar-refractivity contribution < 1.29 is 13.5 Å².